The van der Waals surface area contributed by atoms with Crippen LogP contribution in [0.1, 0.15) is 12.1 Å². The molecule has 2 heterocycles. The molecular formula is C17H25BrN2O3Si. The fraction of sp³-hybridized carbons (Fsp3) is 0.529. The van der Waals surface area contributed by atoms with Gasteiger partial charge in [-0.2, -0.15) is 0 Å². The highest BCUT2D eigenvalue weighted by molar-refractivity contribution is 9.10. The molecule has 7 heteroatoms. The van der Waals surface area contributed by atoms with Crippen molar-refractivity contribution in [2.75, 3.05) is 13.7 Å². The van der Waals surface area contributed by atoms with Crippen molar-refractivity contribution in [2.24, 2.45) is 0 Å². The Morgan fingerprint density at radius 1 is 1.33 bits per heavy atom. The van der Waals surface area contributed by atoms with E-state index in [1.165, 1.54) is 7.11 Å². The van der Waals surface area contributed by atoms with E-state index in [2.05, 4.69) is 45.1 Å². The van der Waals surface area contributed by atoms with Gasteiger partial charge in [-0.3, -0.25) is 4.79 Å². The molecule has 0 bridgehead atoms. The smallest absolute Gasteiger partial charge is 0.305 e. The topological polar surface area (TPSA) is 53.3 Å². The largest absolute Gasteiger partial charge is 0.469 e. The maximum atomic E-state index is 11.5. The minimum atomic E-state index is -1.10. The average Bonchev–Trinajstić information content (AvgIpc) is 2.85. The van der Waals surface area contributed by atoms with E-state index in [-0.39, 0.29) is 5.97 Å². The minimum absolute atomic E-state index is 0.208. The molecule has 0 saturated heterocycles. The average molecular weight is 413 g/mol. The van der Waals surface area contributed by atoms with E-state index in [9.17, 15) is 4.79 Å². The number of hydrogen-bond acceptors (Lipinski definition) is 4. The third kappa shape index (κ3) is 5.43. The zero-order valence-electron chi connectivity index (χ0n) is 14.8. The first kappa shape index (κ1) is 19.1. The Bertz CT molecular complexity index is 710. The van der Waals surface area contributed by atoms with E-state index in [1.54, 1.807) is 0 Å². The van der Waals surface area contributed by atoms with Gasteiger partial charge in [0.05, 0.1) is 24.6 Å². The molecule has 132 valence electrons. The predicted molar refractivity (Wildman–Crippen MR) is 102 cm³/mol. The van der Waals surface area contributed by atoms with Gasteiger partial charge in [0.15, 0.2) is 0 Å². The van der Waals surface area contributed by atoms with Gasteiger partial charge in [-0.1, -0.05) is 19.6 Å². The van der Waals surface area contributed by atoms with E-state index in [1.807, 2.05) is 18.2 Å². The fourth-order valence-electron chi connectivity index (χ4n) is 2.39. The summed E-state index contributed by atoms with van der Waals surface area (Å²) in [5.41, 5.74) is 2.96. The number of esters is 1. The highest BCUT2D eigenvalue weighted by Gasteiger charge is 2.14. The van der Waals surface area contributed by atoms with Gasteiger partial charge in [-0.15, -0.1) is 0 Å². The summed E-state index contributed by atoms with van der Waals surface area (Å²) < 4.78 is 13.5. The van der Waals surface area contributed by atoms with Crippen LogP contribution in [0.3, 0.4) is 0 Å². The van der Waals surface area contributed by atoms with E-state index in [0.717, 1.165) is 34.0 Å². The van der Waals surface area contributed by atoms with Crippen LogP contribution in [0, 0.1) is 0 Å². The van der Waals surface area contributed by atoms with Gasteiger partial charge in [0.1, 0.15) is 11.3 Å². The zero-order valence-corrected chi connectivity index (χ0v) is 17.4. The number of nitrogens with zero attached hydrogens (tertiary/aromatic N) is 2. The highest BCUT2D eigenvalue weighted by atomic mass is 79.9. The Balaban J connectivity index is 2.15. The van der Waals surface area contributed by atoms with Crippen LogP contribution in [0.2, 0.25) is 25.7 Å². The Hall–Kier alpha value is -1.18. The fourth-order valence-corrected chi connectivity index (χ4v) is 3.47. The number of halogens is 1. The van der Waals surface area contributed by atoms with Crippen molar-refractivity contribution in [3.8, 4) is 0 Å². The number of hydrogen-bond donors (Lipinski definition) is 0. The van der Waals surface area contributed by atoms with Crippen LogP contribution in [0.4, 0.5) is 0 Å². The third-order valence-corrected chi connectivity index (χ3v) is 5.98. The number of fused-ring (bicyclic) bond motifs is 1. The number of pyridine rings is 1. The Morgan fingerprint density at radius 2 is 2.08 bits per heavy atom. The number of aryl methyl sites for hydroxylation is 1. The second-order valence-corrected chi connectivity index (χ2v) is 13.5. The maximum Gasteiger partial charge on any atom is 0.305 e. The number of carbonyl (C=O) groups is 1. The SMILES string of the molecule is COC(=O)CCc1cc2nc(Br)ccc2n1COCC[Si](C)(C)C. The molecule has 2 rings (SSSR count). The summed E-state index contributed by atoms with van der Waals surface area (Å²) in [5.74, 6) is -0.208. The second-order valence-electron chi connectivity index (χ2n) is 7.03. The number of rotatable bonds is 8. The van der Waals surface area contributed by atoms with Crippen LogP contribution in [0.15, 0.2) is 22.8 Å². The molecule has 0 amide bonds. The quantitative estimate of drug-likeness (QED) is 0.282. The zero-order chi connectivity index (χ0) is 17.7. The van der Waals surface area contributed by atoms with Crippen LogP contribution in [-0.2, 0) is 27.4 Å². The lowest BCUT2D eigenvalue weighted by Crippen LogP contribution is -2.22. The van der Waals surface area contributed by atoms with Gasteiger partial charge in [0.2, 0.25) is 0 Å². The van der Waals surface area contributed by atoms with Crippen LogP contribution in [-0.4, -0.2) is 37.3 Å². The lowest BCUT2D eigenvalue weighted by atomic mass is 10.2. The minimum Gasteiger partial charge on any atom is -0.469 e. The lowest BCUT2D eigenvalue weighted by Gasteiger charge is -2.16. The molecule has 2 aromatic heterocycles. The summed E-state index contributed by atoms with van der Waals surface area (Å²) in [7, 11) is 0.310. The molecule has 0 radical (unpaired) electrons. The molecule has 5 nitrogen and oxygen atoms in total. The number of ether oxygens (including phenoxy) is 2. The van der Waals surface area contributed by atoms with Crippen LogP contribution >= 0.6 is 15.9 Å². The standard InChI is InChI=1S/C17H25BrN2O3Si/c1-22-17(21)8-5-13-11-14-15(6-7-16(18)19-14)20(13)12-23-9-10-24(2,3)4/h6-7,11H,5,8-10,12H2,1-4H3. The maximum absolute atomic E-state index is 11.5. The number of aromatic nitrogens is 2. The molecule has 0 unspecified atom stereocenters. The molecule has 0 N–H and O–H groups in total. The third-order valence-electron chi connectivity index (χ3n) is 3.84. The summed E-state index contributed by atoms with van der Waals surface area (Å²) in [5, 5.41) is 0. The summed E-state index contributed by atoms with van der Waals surface area (Å²) >= 11 is 3.40. The first-order valence-corrected chi connectivity index (χ1v) is 12.6. The lowest BCUT2D eigenvalue weighted by molar-refractivity contribution is -0.140. The molecule has 2 aromatic rings. The Labute approximate surface area is 152 Å². The van der Waals surface area contributed by atoms with E-state index in [4.69, 9.17) is 9.47 Å². The number of carbonyl (C=O) groups excluding carboxylic acids is 1. The van der Waals surface area contributed by atoms with Crippen LogP contribution < -0.4 is 0 Å². The van der Waals surface area contributed by atoms with Gasteiger partial charge in [-0.25, -0.2) is 4.98 Å². The van der Waals surface area contributed by atoms with Crippen molar-refractivity contribution in [3.05, 3.63) is 28.5 Å². The normalized spacial score (nSPS) is 11.9. The Morgan fingerprint density at radius 3 is 2.75 bits per heavy atom. The molecule has 0 saturated carbocycles. The molecule has 24 heavy (non-hydrogen) atoms. The monoisotopic (exact) mass is 412 g/mol. The highest BCUT2D eigenvalue weighted by Crippen LogP contribution is 2.22. The van der Waals surface area contributed by atoms with Crippen molar-refractivity contribution >= 4 is 41.0 Å². The molecular weight excluding hydrogens is 388 g/mol. The van der Waals surface area contributed by atoms with Gasteiger partial charge in [0.25, 0.3) is 0 Å². The summed E-state index contributed by atoms with van der Waals surface area (Å²) in [6.07, 6.45) is 0.959. The van der Waals surface area contributed by atoms with Crippen molar-refractivity contribution < 1.29 is 14.3 Å². The summed E-state index contributed by atoms with van der Waals surface area (Å²) in [6.45, 7) is 8.25. The van der Waals surface area contributed by atoms with Crippen LogP contribution in [0.25, 0.3) is 11.0 Å². The molecule has 0 atom stereocenters. The van der Waals surface area contributed by atoms with Gasteiger partial charge < -0.3 is 14.0 Å². The number of methoxy groups -OCH3 is 1. The summed E-state index contributed by atoms with van der Waals surface area (Å²) in [6, 6.07) is 7.10. The second kappa shape index (κ2) is 8.27. The Kier molecular flexibility index (Phi) is 6.60. The van der Waals surface area contributed by atoms with Crippen LogP contribution in [0.5, 0.6) is 0 Å². The van der Waals surface area contributed by atoms with Crippen molar-refractivity contribution in [1.82, 2.24) is 9.55 Å². The first-order chi connectivity index (χ1) is 11.3. The van der Waals surface area contributed by atoms with Gasteiger partial charge >= 0.3 is 5.97 Å². The molecule has 0 aliphatic rings. The summed E-state index contributed by atoms with van der Waals surface area (Å²) in [4.78, 5) is 16.0. The van der Waals surface area contributed by atoms with E-state index < -0.39 is 8.07 Å². The molecule has 0 aliphatic heterocycles. The molecule has 0 aliphatic carbocycles. The van der Waals surface area contributed by atoms with Crippen molar-refractivity contribution in [2.45, 2.75) is 45.3 Å². The van der Waals surface area contributed by atoms with Gasteiger partial charge in [0, 0.05) is 20.4 Å². The van der Waals surface area contributed by atoms with Crippen molar-refractivity contribution in [3.63, 3.8) is 0 Å². The van der Waals surface area contributed by atoms with Crippen molar-refractivity contribution in [1.29, 1.82) is 0 Å². The van der Waals surface area contributed by atoms with E-state index in [0.29, 0.717) is 19.6 Å². The first-order valence-electron chi connectivity index (χ1n) is 8.09. The predicted octanol–water partition coefficient (Wildman–Crippen LogP) is 4.22. The molecule has 0 spiro atoms. The molecule has 0 aromatic carbocycles. The van der Waals surface area contributed by atoms with E-state index >= 15 is 0 Å². The van der Waals surface area contributed by atoms with Gasteiger partial charge in [-0.05, 0) is 46.6 Å². The molecule has 0 fully saturated rings.